The summed E-state index contributed by atoms with van der Waals surface area (Å²) in [4.78, 5) is 12.5. The van der Waals surface area contributed by atoms with E-state index in [1.165, 1.54) is 11.1 Å². The molecule has 0 amide bonds. The normalized spacial score (nSPS) is 19.6. The van der Waals surface area contributed by atoms with Crippen LogP contribution in [0.25, 0.3) is 0 Å². The highest BCUT2D eigenvalue weighted by Gasteiger charge is 2.27. The number of ketones is 1. The lowest BCUT2D eigenvalue weighted by Crippen LogP contribution is -2.22. The fraction of sp³-hybridized carbons (Fsp3) is 0.533. The third-order valence-corrected chi connectivity index (χ3v) is 3.83. The number of aryl methyl sites for hydroxylation is 2. The van der Waals surface area contributed by atoms with Gasteiger partial charge in [0.2, 0.25) is 0 Å². The van der Waals surface area contributed by atoms with Crippen molar-refractivity contribution >= 4 is 5.78 Å². The molecule has 0 N–H and O–H groups in total. The predicted octanol–water partition coefficient (Wildman–Crippen LogP) is 3.28. The molecule has 1 heterocycles. The minimum absolute atomic E-state index is 0.171. The summed E-state index contributed by atoms with van der Waals surface area (Å²) in [6.45, 7) is 8.91. The molecule has 2 rings (SSSR count). The molecule has 0 aromatic heterocycles. The van der Waals surface area contributed by atoms with Gasteiger partial charge in [-0.15, -0.1) is 0 Å². The van der Waals surface area contributed by atoms with E-state index in [1.807, 2.05) is 13.8 Å². The highest BCUT2D eigenvalue weighted by atomic mass is 16.5. The minimum Gasteiger partial charge on any atom is -0.370 e. The first-order valence-electron chi connectivity index (χ1n) is 6.25. The Kier molecular flexibility index (Phi) is 3.34. The van der Waals surface area contributed by atoms with Gasteiger partial charge in [0, 0.05) is 12.2 Å². The predicted molar refractivity (Wildman–Crippen MR) is 68.7 cm³/mol. The molecule has 1 aromatic carbocycles. The van der Waals surface area contributed by atoms with E-state index in [2.05, 4.69) is 19.9 Å². The SMILES string of the molecule is Cc1cc(C)c(C)c(C(=O)C2CCCO2)c1C. The van der Waals surface area contributed by atoms with Crippen LogP contribution >= 0.6 is 0 Å². The van der Waals surface area contributed by atoms with Crippen molar-refractivity contribution < 1.29 is 9.53 Å². The summed E-state index contributed by atoms with van der Waals surface area (Å²) in [5.74, 6) is 0.171. The molecular weight excluding hydrogens is 212 g/mol. The maximum absolute atomic E-state index is 12.5. The van der Waals surface area contributed by atoms with E-state index < -0.39 is 0 Å². The van der Waals surface area contributed by atoms with Crippen molar-refractivity contribution in [2.24, 2.45) is 0 Å². The molecule has 0 saturated carbocycles. The Morgan fingerprint density at radius 1 is 1.18 bits per heavy atom. The van der Waals surface area contributed by atoms with Gasteiger partial charge in [0.1, 0.15) is 6.10 Å². The Morgan fingerprint density at radius 2 is 1.76 bits per heavy atom. The molecule has 92 valence electrons. The molecule has 0 spiro atoms. The number of benzene rings is 1. The molecule has 1 aromatic rings. The van der Waals surface area contributed by atoms with Crippen LogP contribution in [0.15, 0.2) is 6.07 Å². The number of hydrogen-bond donors (Lipinski definition) is 0. The highest BCUT2D eigenvalue weighted by molar-refractivity contribution is 6.02. The van der Waals surface area contributed by atoms with Crippen molar-refractivity contribution in [3.05, 3.63) is 33.9 Å². The molecule has 0 radical (unpaired) electrons. The zero-order valence-corrected chi connectivity index (χ0v) is 11.1. The summed E-state index contributed by atoms with van der Waals surface area (Å²) < 4.78 is 5.51. The molecule has 1 fully saturated rings. The molecule has 1 saturated heterocycles. The second-order valence-electron chi connectivity index (χ2n) is 5.00. The van der Waals surface area contributed by atoms with Crippen LogP contribution in [-0.2, 0) is 4.74 Å². The minimum atomic E-state index is -0.214. The zero-order valence-electron chi connectivity index (χ0n) is 11.1. The number of carbonyl (C=O) groups excluding carboxylic acids is 1. The molecule has 1 unspecified atom stereocenters. The molecule has 1 atom stereocenters. The van der Waals surface area contributed by atoms with Gasteiger partial charge < -0.3 is 4.74 Å². The van der Waals surface area contributed by atoms with Crippen LogP contribution in [-0.4, -0.2) is 18.5 Å². The molecule has 2 heteroatoms. The van der Waals surface area contributed by atoms with Crippen molar-refractivity contribution in [3.8, 4) is 0 Å². The van der Waals surface area contributed by atoms with E-state index in [1.54, 1.807) is 0 Å². The zero-order chi connectivity index (χ0) is 12.6. The first kappa shape index (κ1) is 12.3. The quantitative estimate of drug-likeness (QED) is 0.731. The average Bonchev–Trinajstić information content (AvgIpc) is 2.80. The summed E-state index contributed by atoms with van der Waals surface area (Å²) in [7, 11) is 0. The summed E-state index contributed by atoms with van der Waals surface area (Å²) in [5.41, 5.74) is 5.47. The van der Waals surface area contributed by atoms with Gasteiger partial charge in [-0.1, -0.05) is 6.07 Å². The Labute approximate surface area is 103 Å². The van der Waals surface area contributed by atoms with Crippen LogP contribution in [0.1, 0.15) is 45.5 Å². The Hall–Kier alpha value is -1.15. The van der Waals surface area contributed by atoms with Crippen LogP contribution in [0.5, 0.6) is 0 Å². The van der Waals surface area contributed by atoms with Crippen molar-refractivity contribution in [2.75, 3.05) is 6.61 Å². The van der Waals surface area contributed by atoms with Crippen LogP contribution in [0, 0.1) is 27.7 Å². The van der Waals surface area contributed by atoms with Crippen LogP contribution in [0.3, 0.4) is 0 Å². The van der Waals surface area contributed by atoms with E-state index in [0.717, 1.165) is 36.1 Å². The number of hydrogen-bond acceptors (Lipinski definition) is 2. The standard InChI is InChI=1S/C15H20O2/c1-9-8-10(2)12(4)14(11(9)3)15(16)13-6-5-7-17-13/h8,13H,5-7H2,1-4H3. The summed E-state index contributed by atoms with van der Waals surface area (Å²) in [6.07, 6.45) is 1.65. The van der Waals surface area contributed by atoms with Gasteiger partial charge in [0.05, 0.1) is 0 Å². The Balaban J connectivity index is 2.46. The van der Waals surface area contributed by atoms with E-state index in [0.29, 0.717) is 0 Å². The topological polar surface area (TPSA) is 26.3 Å². The smallest absolute Gasteiger partial charge is 0.192 e. The van der Waals surface area contributed by atoms with Crippen molar-refractivity contribution in [1.29, 1.82) is 0 Å². The van der Waals surface area contributed by atoms with E-state index in [9.17, 15) is 4.79 Å². The Bertz CT molecular complexity index is 428. The summed E-state index contributed by atoms with van der Waals surface area (Å²) in [6, 6.07) is 2.15. The summed E-state index contributed by atoms with van der Waals surface area (Å²) in [5, 5.41) is 0. The first-order chi connectivity index (χ1) is 8.02. The van der Waals surface area contributed by atoms with E-state index in [4.69, 9.17) is 4.74 Å². The van der Waals surface area contributed by atoms with Gasteiger partial charge in [-0.2, -0.15) is 0 Å². The van der Waals surface area contributed by atoms with Crippen molar-refractivity contribution in [2.45, 2.75) is 46.6 Å². The lowest BCUT2D eigenvalue weighted by molar-refractivity contribution is 0.0641. The van der Waals surface area contributed by atoms with Gasteiger partial charge in [-0.25, -0.2) is 0 Å². The number of carbonyl (C=O) groups is 1. The van der Waals surface area contributed by atoms with Gasteiger partial charge in [-0.05, 0) is 62.8 Å². The van der Waals surface area contributed by atoms with Crippen LogP contribution in [0.2, 0.25) is 0 Å². The Morgan fingerprint density at radius 3 is 2.24 bits per heavy atom. The second-order valence-corrected chi connectivity index (χ2v) is 5.00. The van der Waals surface area contributed by atoms with Crippen molar-refractivity contribution in [3.63, 3.8) is 0 Å². The fourth-order valence-electron chi connectivity index (χ4n) is 2.53. The third kappa shape index (κ3) is 2.14. The molecule has 1 aliphatic heterocycles. The van der Waals surface area contributed by atoms with E-state index >= 15 is 0 Å². The molecule has 0 aliphatic carbocycles. The number of rotatable bonds is 2. The average molecular weight is 232 g/mol. The largest absolute Gasteiger partial charge is 0.370 e. The van der Waals surface area contributed by atoms with Gasteiger partial charge in [0.25, 0.3) is 0 Å². The highest BCUT2D eigenvalue weighted by Crippen LogP contribution is 2.26. The fourth-order valence-corrected chi connectivity index (χ4v) is 2.53. The van der Waals surface area contributed by atoms with Crippen molar-refractivity contribution in [1.82, 2.24) is 0 Å². The van der Waals surface area contributed by atoms with Gasteiger partial charge in [-0.3, -0.25) is 4.79 Å². The monoisotopic (exact) mass is 232 g/mol. The van der Waals surface area contributed by atoms with Crippen LogP contribution in [0.4, 0.5) is 0 Å². The second kappa shape index (κ2) is 4.61. The molecule has 1 aliphatic rings. The number of Topliss-reactive ketones (excluding diaryl/α,β-unsaturated/α-hetero) is 1. The number of ether oxygens (including phenoxy) is 1. The maximum atomic E-state index is 12.5. The van der Waals surface area contributed by atoms with Crippen LogP contribution < -0.4 is 0 Å². The molecule has 2 nitrogen and oxygen atoms in total. The molecular formula is C15H20O2. The summed E-state index contributed by atoms with van der Waals surface area (Å²) >= 11 is 0. The van der Waals surface area contributed by atoms with E-state index in [-0.39, 0.29) is 11.9 Å². The molecule has 17 heavy (non-hydrogen) atoms. The lowest BCUT2D eigenvalue weighted by atomic mass is 9.89. The third-order valence-electron chi connectivity index (χ3n) is 3.83. The molecule has 0 bridgehead atoms. The van der Waals surface area contributed by atoms with Gasteiger partial charge >= 0.3 is 0 Å². The maximum Gasteiger partial charge on any atom is 0.192 e. The van der Waals surface area contributed by atoms with Gasteiger partial charge in [0.15, 0.2) is 5.78 Å². The lowest BCUT2D eigenvalue weighted by Gasteiger charge is -2.17. The first-order valence-corrected chi connectivity index (χ1v) is 6.25.